The molecule has 1 saturated carbocycles. The molecule has 3 rings (SSSR count). The Hall–Kier alpha value is -2.54. The lowest BCUT2D eigenvalue weighted by Crippen LogP contribution is -2.23. The van der Waals surface area contributed by atoms with E-state index in [1.165, 1.54) is 12.1 Å². The summed E-state index contributed by atoms with van der Waals surface area (Å²) in [5.41, 5.74) is 1.47. The third-order valence-corrected chi connectivity index (χ3v) is 3.39. The highest BCUT2D eigenvalue weighted by Crippen LogP contribution is 2.22. The number of hydrogen-bond acceptors (Lipinski definition) is 5. The summed E-state index contributed by atoms with van der Waals surface area (Å²) in [6.45, 7) is 0.477. The summed E-state index contributed by atoms with van der Waals surface area (Å²) in [6.07, 6.45) is 2.28. The van der Waals surface area contributed by atoms with Crippen LogP contribution in [-0.4, -0.2) is 21.2 Å². The van der Waals surface area contributed by atoms with Crippen LogP contribution in [0.15, 0.2) is 35.1 Å². The van der Waals surface area contributed by atoms with Crippen molar-refractivity contribution in [3.8, 4) is 11.3 Å². The second-order valence-corrected chi connectivity index (χ2v) is 5.07. The quantitative estimate of drug-likeness (QED) is 0.642. The molecule has 0 saturated heterocycles. The van der Waals surface area contributed by atoms with Gasteiger partial charge in [-0.2, -0.15) is 5.10 Å². The first-order valence-electron chi connectivity index (χ1n) is 6.70. The van der Waals surface area contributed by atoms with E-state index >= 15 is 0 Å². The van der Waals surface area contributed by atoms with E-state index in [2.05, 4.69) is 15.5 Å². The number of benzene rings is 1. The fourth-order valence-electron chi connectivity index (χ4n) is 2.05. The molecule has 1 heterocycles. The molecule has 2 N–H and O–H groups in total. The predicted octanol–water partition coefficient (Wildman–Crippen LogP) is 1.60. The summed E-state index contributed by atoms with van der Waals surface area (Å²) in [4.78, 5) is 22.1. The number of non-ortho nitro benzene ring substituents is 1. The maximum atomic E-state index is 11.7. The summed E-state index contributed by atoms with van der Waals surface area (Å²) in [6, 6.07) is 8.36. The Labute approximate surface area is 120 Å². The molecule has 7 nitrogen and oxygen atoms in total. The molecule has 108 valence electrons. The Morgan fingerprint density at radius 3 is 2.90 bits per heavy atom. The van der Waals surface area contributed by atoms with Gasteiger partial charge in [-0.25, -0.2) is 5.10 Å². The number of aromatic nitrogens is 2. The molecule has 0 spiro atoms. The summed E-state index contributed by atoms with van der Waals surface area (Å²) in [5, 5.41) is 20.5. The summed E-state index contributed by atoms with van der Waals surface area (Å²) in [5.74, 6) is 0. The first kappa shape index (κ1) is 13.4. The molecule has 1 aromatic heterocycles. The van der Waals surface area contributed by atoms with E-state index in [0.717, 1.165) is 12.8 Å². The van der Waals surface area contributed by atoms with Gasteiger partial charge < -0.3 is 5.32 Å². The van der Waals surface area contributed by atoms with Crippen molar-refractivity contribution >= 4 is 5.69 Å². The molecule has 0 radical (unpaired) electrons. The van der Waals surface area contributed by atoms with E-state index in [0.29, 0.717) is 29.4 Å². The van der Waals surface area contributed by atoms with Crippen LogP contribution in [0.4, 0.5) is 5.69 Å². The van der Waals surface area contributed by atoms with Crippen molar-refractivity contribution in [2.75, 3.05) is 0 Å². The van der Waals surface area contributed by atoms with E-state index in [4.69, 9.17) is 0 Å². The van der Waals surface area contributed by atoms with Crippen molar-refractivity contribution in [3.63, 3.8) is 0 Å². The molecule has 0 bridgehead atoms. The molecule has 2 aromatic rings. The zero-order valence-corrected chi connectivity index (χ0v) is 11.2. The number of rotatable bonds is 5. The van der Waals surface area contributed by atoms with Gasteiger partial charge >= 0.3 is 0 Å². The Morgan fingerprint density at radius 2 is 2.19 bits per heavy atom. The monoisotopic (exact) mass is 286 g/mol. The maximum Gasteiger partial charge on any atom is 0.270 e. The molecule has 1 aliphatic rings. The first-order chi connectivity index (χ1) is 10.1. The van der Waals surface area contributed by atoms with Gasteiger partial charge in [0.2, 0.25) is 0 Å². The standard InChI is InChI=1S/C14H14N4O3/c19-14-10(8-15-11-4-5-11)7-13(16-17-14)9-2-1-3-12(6-9)18(20)21/h1-3,6-7,11,15H,4-5,8H2,(H,17,19). The average molecular weight is 286 g/mol. The lowest BCUT2D eigenvalue weighted by molar-refractivity contribution is -0.384. The highest BCUT2D eigenvalue weighted by molar-refractivity contribution is 5.62. The van der Waals surface area contributed by atoms with E-state index in [1.807, 2.05) is 0 Å². The highest BCUT2D eigenvalue weighted by atomic mass is 16.6. The third kappa shape index (κ3) is 3.14. The number of nitro groups is 1. The summed E-state index contributed by atoms with van der Waals surface area (Å²) < 4.78 is 0. The van der Waals surface area contributed by atoms with Crippen LogP contribution in [0.3, 0.4) is 0 Å². The van der Waals surface area contributed by atoms with Crippen LogP contribution in [0.2, 0.25) is 0 Å². The Kier molecular flexibility index (Phi) is 3.49. The molecule has 21 heavy (non-hydrogen) atoms. The molecule has 1 aromatic carbocycles. The van der Waals surface area contributed by atoms with Gasteiger partial charge in [0.05, 0.1) is 10.6 Å². The van der Waals surface area contributed by atoms with Crippen molar-refractivity contribution in [2.24, 2.45) is 0 Å². The van der Waals surface area contributed by atoms with E-state index in [9.17, 15) is 14.9 Å². The van der Waals surface area contributed by atoms with E-state index in [1.54, 1.807) is 18.2 Å². The van der Waals surface area contributed by atoms with Crippen LogP contribution in [0, 0.1) is 10.1 Å². The van der Waals surface area contributed by atoms with Crippen molar-refractivity contribution in [2.45, 2.75) is 25.4 Å². The van der Waals surface area contributed by atoms with Crippen molar-refractivity contribution in [3.05, 3.63) is 56.4 Å². The Morgan fingerprint density at radius 1 is 1.38 bits per heavy atom. The van der Waals surface area contributed by atoms with Gasteiger partial charge in [-0.15, -0.1) is 0 Å². The van der Waals surface area contributed by atoms with Crippen LogP contribution in [-0.2, 0) is 6.54 Å². The lowest BCUT2D eigenvalue weighted by Gasteiger charge is -2.05. The second-order valence-electron chi connectivity index (χ2n) is 5.07. The number of nitrogens with zero attached hydrogens (tertiary/aromatic N) is 2. The van der Waals surface area contributed by atoms with Gasteiger partial charge in [-0.3, -0.25) is 14.9 Å². The van der Waals surface area contributed by atoms with Crippen molar-refractivity contribution < 1.29 is 4.92 Å². The molecule has 0 amide bonds. The Bertz CT molecular complexity index is 737. The fraction of sp³-hybridized carbons (Fsp3) is 0.286. The number of hydrogen-bond donors (Lipinski definition) is 2. The number of aromatic amines is 1. The van der Waals surface area contributed by atoms with Gasteiger partial charge in [0, 0.05) is 35.8 Å². The predicted molar refractivity (Wildman–Crippen MR) is 76.8 cm³/mol. The van der Waals surface area contributed by atoms with Crippen LogP contribution in [0.1, 0.15) is 18.4 Å². The van der Waals surface area contributed by atoms with Gasteiger partial charge in [0.1, 0.15) is 0 Å². The van der Waals surface area contributed by atoms with Gasteiger partial charge in [0.15, 0.2) is 0 Å². The van der Waals surface area contributed by atoms with E-state index < -0.39 is 4.92 Å². The molecule has 1 fully saturated rings. The fourth-order valence-corrected chi connectivity index (χ4v) is 2.05. The van der Waals surface area contributed by atoms with Gasteiger partial charge in [-0.1, -0.05) is 12.1 Å². The molecule has 0 atom stereocenters. The zero-order valence-electron chi connectivity index (χ0n) is 11.2. The number of H-pyrrole nitrogens is 1. The minimum Gasteiger partial charge on any atom is -0.310 e. The third-order valence-electron chi connectivity index (χ3n) is 3.39. The average Bonchev–Trinajstić information content (AvgIpc) is 3.31. The SMILES string of the molecule is O=c1[nH]nc(-c2cccc([N+](=O)[O-])c2)cc1CNC1CC1. The molecule has 1 aliphatic carbocycles. The molecular formula is C14H14N4O3. The van der Waals surface area contributed by atoms with Gasteiger partial charge in [0.25, 0.3) is 11.2 Å². The largest absolute Gasteiger partial charge is 0.310 e. The number of nitrogens with one attached hydrogen (secondary N) is 2. The second kappa shape index (κ2) is 5.45. The molecule has 7 heteroatoms. The summed E-state index contributed by atoms with van der Waals surface area (Å²) >= 11 is 0. The smallest absolute Gasteiger partial charge is 0.270 e. The first-order valence-corrected chi connectivity index (χ1v) is 6.70. The normalized spacial score (nSPS) is 14.1. The maximum absolute atomic E-state index is 11.7. The molecule has 0 unspecified atom stereocenters. The van der Waals surface area contributed by atoms with Crippen LogP contribution in [0.25, 0.3) is 11.3 Å². The molecule has 0 aliphatic heterocycles. The lowest BCUT2D eigenvalue weighted by atomic mass is 10.1. The van der Waals surface area contributed by atoms with E-state index in [-0.39, 0.29) is 11.2 Å². The number of nitro benzene ring substituents is 1. The highest BCUT2D eigenvalue weighted by Gasteiger charge is 2.20. The topological polar surface area (TPSA) is 101 Å². The van der Waals surface area contributed by atoms with Crippen LogP contribution >= 0.6 is 0 Å². The molecular weight excluding hydrogens is 272 g/mol. The van der Waals surface area contributed by atoms with Crippen molar-refractivity contribution in [1.82, 2.24) is 15.5 Å². The Balaban J connectivity index is 1.90. The minimum absolute atomic E-state index is 0.00171. The summed E-state index contributed by atoms with van der Waals surface area (Å²) in [7, 11) is 0. The van der Waals surface area contributed by atoms with Crippen LogP contribution in [0.5, 0.6) is 0 Å². The van der Waals surface area contributed by atoms with Gasteiger partial charge in [-0.05, 0) is 18.9 Å². The van der Waals surface area contributed by atoms with Crippen LogP contribution < -0.4 is 10.9 Å². The minimum atomic E-state index is -0.454. The van der Waals surface area contributed by atoms with Crippen molar-refractivity contribution in [1.29, 1.82) is 0 Å². The zero-order chi connectivity index (χ0) is 14.8.